The second-order valence-corrected chi connectivity index (χ2v) is 8.86. The minimum Gasteiger partial charge on any atom is -0.359 e. The van der Waals surface area contributed by atoms with Crippen LogP contribution in [-0.2, 0) is 0 Å². The van der Waals surface area contributed by atoms with E-state index >= 15 is 0 Å². The zero-order valence-corrected chi connectivity index (χ0v) is 14.6. The minimum atomic E-state index is 0.246. The highest BCUT2D eigenvalue weighted by molar-refractivity contribution is 8.14. The van der Waals surface area contributed by atoms with E-state index in [0.717, 1.165) is 19.0 Å². The fraction of sp³-hybridized carbons (Fsp3) is 0.938. The van der Waals surface area contributed by atoms with Gasteiger partial charge in [-0.05, 0) is 51.1 Å². The molecule has 0 aromatic heterocycles. The quantitative estimate of drug-likeness (QED) is 0.863. The van der Waals surface area contributed by atoms with Crippen molar-refractivity contribution >= 4 is 16.9 Å². The second kappa shape index (κ2) is 6.27. The molecule has 1 N–H and O–H groups in total. The van der Waals surface area contributed by atoms with Crippen LogP contribution in [0.3, 0.4) is 0 Å². The van der Waals surface area contributed by atoms with Crippen LogP contribution in [0.25, 0.3) is 0 Å². The summed E-state index contributed by atoms with van der Waals surface area (Å²) in [5.41, 5.74) is 0.608. The van der Waals surface area contributed by atoms with Gasteiger partial charge in [-0.1, -0.05) is 32.5 Å². The molecule has 1 spiro atoms. The molecule has 2 rings (SSSR count). The fourth-order valence-corrected chi connectivity index (χ4v) is 4.58. The summed E-state index contributed by atoms with van der Waals surface area (Å²) in [5.74, 6) is 2.12. The molecule has 0 radical (unpaired) electrons. The Morgan fingerprint density at radius 1 is 1.35 bits per heavy atom. The molecule has 1 aliphatic heterocycles. The van der Waals surface area contributed by atoms with Crippen molar-refractivity contribution < 1.29 is 0 Å². The highest BCUT2D eigenvalue weighted by Crippen LogP contribution is 2.38. The van der Waals surface area contributed by atoms with E-state index in [9.17, 15) is 0 Å². The molecule has 0 amide bonds. The summed E-state index contributed by atoms with van der Waals surface area (Å²) < 4.78 is 0. The zero-order chi connectivity index (χ0) is 14.8. The molecule has 1 saturated heterocycles. The standard InChI is InChI=1S/C16H31N3S/c1-13-6-8-16(9-7-13)12-20-14(18-16)17-10-15(2,3)11-19(4)5/h13H,6-12H2,1-5H3,(H,17,18). The summed E-state index contributed by atoms with van der Waals surface area (Å²) in [6, 6.07) is 0. The predicted octanol–water partition coefficient (Wildman–Crippen LogP) is 3.22. The second-order valence-electron chi connectivity index (χ2n) is 7.90. The van der Waals surface area contributed by atoms with Gasteiger partial charge in [0.05, 0.1) is 0 Å². The maximum Gasteiger partial charge on any atom is 0.157 e. The lowest BCUT2D eigenvalue weighted by Gasteiger charge is -2.35. The van der Waals surface area contributed by atoms with Gasteiger partial charge in [0.15, 0.2) is 5.17 Å². The SMILES string of the molecule is CC1CCC2(CC1)CSC(=NCC(C)(C)CN(C)C)N2. The van der Waals surface area contributed by atoms with Crippen LogP contribution < -0.4 is 5.32 Å². The zero-order valence-electron chi connectivity index (χ0n) is 13.8. The van der Waals surface area contributed by atoms with Crippen LogP contribution in [0.5, 0.6) is 0 Å². The molecule has 1 saturated carbocycles. The van der Waals surface area contributed by atoms with Crippen molar-refractivity contribution in [3.63, 3.8) is 0 Å². The maximum absolute atomic E-state index is 4.86. The van der Waals surface area contributed by atoms with Gasteiger partial charge in [0.1, 0.15) is 0 Å². The number of amidine groups is 1. The van der Waals surface area contributed by atoms with Crippen molar-refractivity contribution in [2.24, 2.45) is 16.3 Å². The predicted molar refractivity (Wildman–Crippen MR) is 90.6 cm³/mol. The number of nitrogens with one attached hydrogen (secondary N) is 1. The Morgan fingerprint density at radius 3 is 2.60 bits per heavy atom. The van der Waals surface area contributed by atoms with Crippen molar-refractivity contribution in [2.45, 2.75) is 52.0 Å². The smallest absolute Gasteiger partial charge is 0.157 e. The van der Waals surface area contributed by atoms with Crippen LogP contribution in [0.15, 0.2) is 4.99 Å². The van der Waals surface area contributed by atoms with Gasteiger partial charge < -0.3 is 10.2 Å². The number of hydrogen-bond donors (Lipinski definition) is 1. The van der Waals surface area contributed by atoms with E-state index in [1.165, 1.54) is 36.6 Å². The third-order valence-electron chi connectivity index (χ3n) is 4.48. The third-order valence-corrected chi connectivity index (χ3v) is 5.69. The molecular formula is C16H31N3S. The molecule has 0 aromatic carbocycles. The number of rotatable bonds is 4. The average molecular weight is 298 g/mol. The van der Waals surface area contributed by atoms with Gasteiger partial charge in [0, 0.05) is 24.4 Å². The average Bonchev–Trinajstić information content (AvgIpc) is 2.73. The van der Waals surface area contributed by atoms with Crippen LogP contribution in [0.2, 0.25) is 0 Å². The third kappa shape index (κ3) is 4.39. The Balaban J connectivity index is 1.87. The Hall–Kier alpha value is -0.220. The molecule has 0 bridgehead atoms. The number of thioether (sulfide) groups is 1. The molecule has 1 aliphatic carbocycles. The van der Waals surface area contributed by atoms with Gasteiger partial charge >= 0.3 is 0 Å². The molecule has 20 heavy (non-hydrogen) atoms. The van der Waals surface area contributed by atoms with Crippen LogP contribution in [-0.4, -0.2) is 48.5 Å². The van der Waals surface area contributed by atoms with E-state index in [1.807, 2.05) is 11.8 Å². The molecule has 0 aromatic rings. The van der Waals surface area contributed by atoms with Crippen molar-refractivity contribution in [3.8, 4) is 0 Å². The van der Waals surface area contributed by atoms with Gasteiger partial charge in [0.2, 0.25) is 0 Å². The number of hydrogen-bond acceptors (Lipinski definition) is 3. The van der Waals surface area contributed by atoms with Crippen molar-refractivity contribution in [2.75, 3.05) is 32.9 Å². The molecule has 4 heteroatoms. The van der Waals surface area contributed by atoms with Crippen LogP contribution >= 0.6 is 11.8 Å². The summed E-state index contributed by atoms with van der Waals surface area (Å²) >= 11 is 1.93. The van der Waals surface area contributed by atoms with E-state index in [2.05, 4.69) is 45.1 Å². The first-order chi connectivity index (χ1) is 9.30. The first kappa shape index (κ1) is 16.2. The summed E-state index contributed by atoms with van der Waals surface area (Å²) in [6.07, 6.45) is 5.38. The minimum absolute atomic E-state index is 0.246. The monoisotopic (exact) mass is 297 g/mol. The fourth-order valence-electron chi connectivity index (χ4n) is 3.37. The van der Waals surface area contributed by atoms with Crippen LogP contribution in [0.1, 0.15) is 46.5 Å². The maximum atomic E-state index is 4.86. The summed E-state index contributed by atoms with van der Waals surface area (Å²) in [6.45, 7) is 8.97. The molecule has 3 nitrogen and oxygen atoms in total. The number of nitrogens with zero attached hydrogens (tertiary/aromatic N) is 2. The number of aliphatic imine (C=N–C) groups is 1. The van der Waals surface area contributed by atoms with E-state index in [4.69, 9.17) is 4.99 Å². The molecule has 2 fully saturated rings. The lowest BCUT2D eigenvalue weighted by molar-refractivity contribution is 0.245. The molecule has 0 atom stereocenters. The topological polar surface area (TPSA) is 27.6 Å². The van der Waals surface area contributed by atoms with Gasteiger partial charge in [-0.2, -0.15) is 0 Å². The van der Waals surface area contributed by atoms with E-state index in [-0.39, 0.29) is 5.41 Å². The van der Waals surface area contributed by atoms with E-state index < -0.39 is 0 Å². The molecule has 0 unspecified atom stereocenters. The van der Waals surface area contributed by atoms with Crippen molar-refractivity contribution in [1.82, 2.24) is 10.2 Å². The largest absolute Gasteiger partial charge is 0.359 e. The Kier molecular flexibility index (Phi) is 5.06. The Morgan fingerprint density at radius 2 is 2.00 bits per heavy atom. The molecular weight excluding hydrogens is 266 g/mol. The first-order valence-corrected chi connectivity index (χ1v) is 8.89. The van der Waals surface area contributed by atoms with Gasteiger partial charge in [-0.3, -0.25) is 4.99 Å². The van der Waals surface area contributed by atoms with Crippen LogP contribution in [0, 0.1) is 11.3 Å². The van der Waals surface area contributed by atoms with Gasteiger partial charge in [-0.15, -0.1) is 0 Å². The molecule has 116 valence electrons. The van der Waals surface area contributed by atoms with E-state index in [0.29, 0.717) is 5.54 Å². The van der Waals surface area contributed by atoms with Crippen LogP contribution in [0.4, 0.5) is 0 Å². The Bertz CT molecular complexity index is 355. The summed E-state index contributed by atoms with van der Waals surface area (Å²) in [5, 5.41) is 4.94. The Labute approximate surface area is 129 Å². The first-order valence-electron chi connectivity index (χ1n) is 7.90. The highest BCUT2D eigenvalue weighted by atomic mass is 32.2. The summed E-state index contributed by atoms with van der Waals surface area (Å²) in [4.78, 5) is 7.11. The van der Waals surface area contributed by atoms with Gasteiger partial charge in [-0.25, -0.2) is 0 Å². The molecule has 1 heterocycles. The van der Waals surface area contributed by atoms with Gasteiger partial charge in [0.25, 0.3) is 0 Å². The molecule has 2 aliphatic rings. The van der Waals surface area contributed by atoms with Crippen molar-refractivity contribution in [1.29, 1.82) is 0 Å². The highest BCUT2D eigenvalue weighted by Gasteiger charge is 2.39. The lowest BCUT2D eigenvalue weighted by atomic mass is 9.78. The lowest BCUT2D eigenvalue weighted by Crippen LogP contribution is -2.46. The normalized spacial score (nSPS) is 33.1. The van der Waals surface area contributed by atoms with E-state index in [1.54, 1.807) is 0 Å². The van der Waals surface area contributed by atoms with Crippen molar-refractivity contribution in [3.05, 3.63) is 0 Å². The summed E-state index contributed by atoms with van der Waals surface area (Å²) in [7, 11) is 4.27.